The normalized spacial score (nSPS) is 12.4. The predicted molar refractivity (Wildman–Crippen MR) is 72.2 cm³/mol. The summed E-state index contributed by atoms with van der Waals surface area (Å²) in [5.74, 6) is 5.18. The number of nitrogens with two attached hydrogens (primary N) is 1. The van der Waals surface area contributed by atoms with Crippen LogP contribution in [0.15, 0.2) is 41.1 Å². The lowest BCUT2D eigenvalue weighted by molar-refractivity contribution is 0.555. The average Bonchev–Trinajstić information content (AvgIpc) is 2.31. The maximum atomic E-state index is 13.7. The second kappa shape index (κ2) is 5.56. The Morgan fingerprint density at radius 3 is 2.78 bits per heavy atom. The first-order chi connectivity index (χ1) is 8.61. The summed E-state index contributed by atoms with van der Waals surface area (Å²) in [6, 6.07) is 7.09. The summed E-state index contributed by atoms with van der Waals surface area (Å²) in [6.45, 7) is 1.98. The highest BCUT2D eigenvalue weighted by molar-refractivity contribution is 9.10. The number of nitrogens with zero attached hydrogens (tertiary/aromatic N) is 1. The van der Waals surface area contributed by atoms with E-state index in [1.54, 1.807) is 12.3 Å². The molecule has 0 spiro atoms. The highest BCUT2D eigenvalue weighted by Crippen LogP contribution is 2.26. The van der Waals surface area contributed by atoms with Crippen molar-refractivity contribution in [1.82, 2.24) is 10.4 Å². The van der Waals surface area contributed by atoms with Crippen LogP contribution in [0.5, 0.6) is 0 Å². The summed E-state index contributed by atoms with van der Waals surface area (Å²) in [6.07, 6.45) is 2.73. The number of hydrogen-bond donors (Lipinski definition) is 2. The van der Waals surface area contributed by atoms with Gasteiger partial charge in [0.15, 0.2) is 0 Å². The lowest BCUT2D eigenvalue weighted by atomic mass is 9.98. The number of aromatic nitrogens is 1. The van der Waals surface area contributed by atoms with Gasteiger partial charge in [0.1, 0.15) is 5.82 Å². The topological polar surface area (TPSA) is 50.9 Å². The van der Waals surface area contributed by atoms with Gasteiger partial charge in [-0.1, -0.05) is 22.0 Å². The Kier molecular flexibility index (Phi) is 4.06. The quantitative estimate of drug-likeness (QED) is 0.677. The minimum absolute atomic E-state index is 0.377. The molecule has 18 heavy (non-hydrogen) atoms. The summed E-state index contributed by atoms with van der Waals surface area (Å²) in [5.41, 5.74) is 5.09. The SMILES string of the molecule is Cc1cc(Br)cc(C(NN)c2ccncc2F)c1. The molecule has 5 heteroatoms. The van der Waals surface area contributed by atoms with E-state index in [0.717, 1.165) is 15.6 Å². The number of halogens is 2. The molecule has 1 heterocycles. The van der Waals surface area contributed by atoms with Gasteiger partial charge < -0.3 is 0 Å². The summed E-state index contributed by atoms with van der Waals surface area (Å²) in [5, 5.41) is 0. The van der Waals surface area contributed by atoms with E-state index in [1.807, 2.05) is 25.1 Å². The van der Waals surface area contributed by atoms with Crippen LogP contribution in [0.3, 0.4) is 0 Å². The van der Waals surface area contributed by atoms with Crippen molar-refractivity contribution >= 4 is 15.9 Å². The summed E-state index contributed by atoms with van der Waals surface area (Å²) in [4.78, 5) is 3.74. The molecule has 0 aliphatic heterocycles. The Labute approximate surface area is 113 Å². The molecular weight excluding hydrogens is 297 g/mol. The zero-order valence-corrected chi connectivity index (χ0v) is 11.4. The molecule has 0 bridgehead atoms. The van der Waals surface area contributed by atoms with Crippen LogP contribution in [0, 0.1) is 12.7 Å². The monoisotopic (exact) mass is 309 g/mol. The van der Waals surface area contributed by atoms with Crippen molar-refractivity contribution in [2.24, 2.45) is 5.84 Å². The first kappa shape index (κ1) is 13.1. The fourth-order valence-corrected chi connectivity index (χ4v) is 2.54. The molecule has 1 unspecified atom stereocenters. The van der Waals surface area contributed by atoms with Crippen molar-refractivity contribution in [3.05, 3.63) is 63.6 Å². The first-order valence-electron chi connectivity index (χ1n) is 5.44. The van der Waals surface area contributed by atoms with Gasteiger partial charge in [0.25, 0.3) is 0 Å². The second-order valence-electron chi connectivity index (χ2n) is 4.06. The highest BCUT2D eigenvalue weighted by Gasteiger charge is 2.17. The smallest absolute Gasteiger partial charge is 0.146 e. The summed E-state index contributed by atoms with van der Waals surface area (Å²) < 4.78 is 14.7. The Morgan fingerprint density at radius 1 is 1.39 bits per heavy atom. The average molecular weight is 310 g/mol. The molecule has 0 fully saturated rings. The maximum Gasteiger partial charge on any atom is 0.146 e. The molecular formula is C13H13BrFN3. The van der Waals surface area contributed by atoms with E-state index >= 15 is 0 Å². The van der Waals surface area contributed by atoms with Crippen LogP contribution < -0.4 is 11.3 Å². The van der Waals surface area contributed by atoms with Crippen LogP contribution in [0.2, 0.25) is 0 Å². The molecule has 0 aliphatic carbocycles. The van der Waals surface area contributed by atoms with Crippen molar-refractivity contribution in [1.29, 1.82) is 0 Å². The molecule has 0 aliphatic rings. The number of nitrogens with one attached hydrogen (secondary N) is 1. The molecule has 0 amide bonds. The standard InChI is InChI=1S/C13H13BrFN3/c1-8-4-9(6-10(14)5-8)13(18-16)11-2-3-17-7-12(11)15/h2-7,13,18H,16H2,1H3. The predicted octanol–water partition coefficient (Wildman–Crippen LogP) is 2.84. The van der Waals surface area contributed by atoms with Gasteiger partial charge in [-0.2, -0.15) is 0 Å². The maximum absolute atomic E-state index is 13.7. The van der Waals surface area contributed by atoms with Gasteiger partial charge >= 0.3 is 0 Å². The zero-order valence-electron chi connectivity index (χ0n) is 9.82. The van der Waals surface area contributed by atoms with E-state index < -0.39 is 6.04 Å². The van der Waals surface area contributed by atoms with E-state index in [1.165, 1.54) is 6.20 Å². The second-order valence-corrected chi connectivity index (χ2v) is 4.97. The molecule has 1 aromatic heterocycles. The van der Waals surface area contributed by atoms with Crippen LogP contribution in [0.1, 0.15) is 22.7 Å². The van der Waals surface area contributed by atoms with E-state index in [0.29, 0.717) is 5.56 Å². The third-order valence-corrected chi connectivity index (χ3v) is 3.14. The van der Waals surface area contributed by atoms with Gasteiger partial charge in [-0.3, -0.25) is 10.8 Å². The number of hydrazine groups is 1. The number of aryl methyl sites for hydroxylation is 1. The molecule has 1 atom stereocenters. The number of benzene rings is 1. The minimum Gasteiger partial charge on any atom is -0.271 e. The van der Waals surface area contributed by atoms with Gasteiger partial charge in [-0.15, -0.1) is 0 Å². The summed E-state index contributed by atoms with van der Waals surface area (Å²) in [7, 11) is 0. The van der Waals surface area contributed by atoms with Crippen LogP contribution in [0.25, 0.3) is 0 Å². The van der Waals surface area contributed by atoms with Crippen LogP contribution in [0.4, 0.5) is 4.39 Å². The van der Waals surface area contributed by atoms with Crippen LogP contribution in [-0.2, 0) is 0 Å². The largest absolute Gasteiger partial charge is 0.271 e. The van der Waals surface area contributed by atoms with Crippen molar-refractivity contribution in [2.75, 3.05) is 0 Å². The van der Waals surface area contributed by atoms with Gasteiger partial charge in [0.2, 0.25) is 0 Å². The Morgan fingerprint density at radius 2 is 2.17 bits per heavy atom. The van der Waals surface area contributed by atoms with E-state index in [9.17, 15) is 4.39 Å². The number of rotatable bonds is 3. The Hall–Kier alpha value is -1.30. The molecule has 2 rings (SSSR count). The molecule has 2 aromatic rings. The fourth-order valence-electron chi connectivity index (χ4n) is 1.92. The van der Waals surface area contributed by atoms with Gasteiger partial charge in [-0.25, -0.2) is 9.82 Å². The lowest BCUT2D eigenvalue weighted by Gasteiger charge is -2.18. The van der Waals surface area contributed by atoms with E-state index in [2.05, 4.69) is 26.3 Å². The third-order valence-electron chi connectivity index (χ3n) is 2.68. The van der Waals surface area contributed by atoms with E-state index in [-0.39, 0.29) is 5.82 Å². The molecule has 0 saturated heterocycles. The lowest BCUT2D eigenvalue weighted by Crippen LogP contribution is -2.29. The highest BCUT2D eigenvalue weighted by atomic mass is 79.9. The summed E-state index contributed by atoms with van der Waals surface area (Å²) >= 11 is 3.43. The number of pyridine rings is 1. The first-order valence-corrected chi connectivity index (χ1v) is 6.23. The van der Waals surface area contributed by atoms with Crippen LogP contribution >= 0.6 is 15.9 Å². The fraction of sp³-hybridized carbons (Fsp3) is 0.154. The van der Waals surface area contributed by atoms with Crippen molar-refractivity contribution in [3.8, 4) is 0 Å². The minimum atomic E-state index is -0.399. The molecule has 0 radical (unpaired) electrons. The van der Waals surface area contributed by atoms with Crippen molar-refractivity contribution in [3.63, 3.8) is 0 Å². The van der Waals surface area contributed by atoms with E-state index in [4.69, 9.17) is 5.84 Å². The zero-order chi connectivity index (χ0) is 13.1. The third kappa shape index (κ3) is 2.75. The Bertz CT molecular complexity index is 539. The molecule has 1 aromatic carbocycles. The van der Waals surface area contributed by atoms with Crippen molar-refractivity contribution < 1.29 is 4.39 Å². The van der Waals surface area contributed by atoms with Gasteiger partial charge in [-0.05, 0) is 36.2 Å². The number of hydrogen-bond acceptors (Lipinski definition) is 3. The molecule has 3 N–H and O–H groups in total. The molecule has 3 nitrogen and oxygen atoms in total. The Balaban J connectivity index is 2.48. The molecule has 94 valence electrons. The van der Waals surface area contributed by atoms with Gasteiger partial charge in [0, 0.05) is 16.2 Å². The van der Waals surface area contributed by atoms with Gasteiger partial charge in [0.05, 0.1) is 12.2 Å². The molecule has 0 saturated carbocycles. The van der Waals surface area contributed by atoms with Crippen LogP contribution in [-0.4, -0.2) is 4.98 Å². The van der Waals surface area contributed by atoms with Crippen molar-refractivity contribution in [2.45, 2.75) is 13.0 Å².